The van der Waals surface area contributed by atoms with E-state index in [0.717, 1.165) is 5.56 Å². The van der Waals surface area contributed by atoms with Crippen LogP contribution in [-0.2, 0) is 9.53 Å². The van der Waals surface area contributed by atoms with Crippen LogP contribution in [0.1, 0.15) is 5.56 Å². The standard InChI is InChI=1S/C11H12O3/c1-14-11(13)10(12)8-7-9-5-3-2-4-6-9/h2-8,10,12H,1H3. The zero-order valence-corrected chi connectivity index (χ0v) is 7.88. The monoisotopic (exact) mass is 192 g/mol. The van der Waals surface area contributed by atoms with E-state index in [2.05, 4.69) is 4.74 Å². The summed E-state index contributed by atoms with van der Waals surface area (Å²) in [4.78, 5) is 10.8. The van der Waals surface area contributed by atoms with E-state index in [1.165, 1.54) is 13.2 Å². The quantitative estimate of drug-likeness (QED) is 0.733. The zero-order chi connectivity index (χ0) is 10.4. The number of methoxy groups -OCH3 is 1. The first-order valence-corrected chi connectivity index (χ1v) is 4.23. The SMILES string of the molecule is COC(=O)C(O)C=Cc1ccccc1. The molecule has 0 amide bonds. The zero-order valence-electron chi connectivity index (χ0n) is 7.88. The summed E-state index contributed by atoms with van der Waals surface area (Å²) in [6.07, 6.45) is 1.86. The average molecular weight is 192 g/mol. The lowest BCUT2D eigenvalue weighted by atomic mass is 10.2. The number of aliphatic hydroxyl groups is 1. The van der Waals surface area contributed by atoms with Gasteiger partial charge in [-0.2, -0.15) is 0 Å². The molecule has 1 unspecified atom stereocenters. The molecule has 0 aromatic heterocycles. The molecule has 0 aliphatic rings. The first-order chi connectivity index (χ1) is 6.74. The maximum Gasteiger partial charge on any atom is 0.338 e. The van der Waals surface area contributed by atoms with Gasteiger partial charge in [0.25, 0.3) is 0 Å². The van der Waals surface area contributed by atoms with Gasteiger partial charge in [0.2, 0.25) is 0 Å². The fourth-order valence-corrected chi connectivity index (χ4v) is 0.966. The van der Waals surface area contributed by atoms with Crippen LogP contribution in [0.4, 0.5) is 0 Å². The van der Waals surface area contributed by atoms with Gasteiger partial charge >= 0.3 is 5.97 Å². The largest absolute Gasteiger partial charge is 0.467 e. The minimum Gasteiger partial charge on any atom is -0.467 e. The van der Waals surface area contributed by atoms with Crippen molar-refractivity contribution in [2.75, 3.05) is 7.11 Å². The Kier molecular flexibility index (Phi) is 3.88. The van der Waals surface area contributed by atoms with Crippen molar-refractivity contribution in [3.05, 3.63) is 42.0 Å². The summed E-state index contributed by atoms with van der Waals surface area (Å²) >= 11 is 0. The molecule has 0 radical (unpaired) electrons. The number of ether oxygens (including phenoxy) is 1. The van der Waals surface area contributed by atoms with Crippen LogP contribution in [0, 0.1) is 0 Å². The summed E-state index contributed by atoms with van der Waals surface area (Å²) in [5, 5.41) is 9.22. The van der Waals surface area contributed by atoms with Crippen LogP contribution < -0.4 is 0 Å². The molecule has 0 aliphatic carbocycles. The van der Waals surface area contributed by atoms with Crippen LogP contribution in [0.25, 0.3) is 6.08 Å². The predicted octanol–water partition coefficient (Wildman–Crippen LogP) is 1.23. The summed E-state index contributed by atoms with van der Waals surface area (Å²) in [7, 11) is 1.24. The Morgan fingerprint density at radius 2 is 2.07 bits per heavy atom. The first kappa shape index (κ1) is 10.5. The van der Waals surface area contributed by atoms with Crippen molar-refractivity contribution in [1.82, 2.24) is 0 Å². The van der Waals surface area contributed by atoms with E-state index in [1.54, 1.807) is 6.08 Å². The number of hydrogen-bond donors (Lipinski definition) is 1. The van der Waals surface area contributed by atoms with Gasteiger partial charge in [-0.05, 0) is 11.6 Å². The fraction of sp³-hybridized carbons (Fsp3) is 0.182. The lowest BCUT2D eigenvalue weighted by Crippen LogP contribution is -2.18. The van der Waals surface area contributed by atoms with Crippen molar-refractivity contribution in [3.8, 4) is 0 Å². The second-order valence-corrected chi connectivity index (χ2v) is 2.74. The summed E-state index contributed by atoms with van der Waals surface area (Å²) in [6, 6.07) is 9.41. The smallest absolute Gasteiger partial charge is 0.338 e. The van der Waals surface area contributed by atoms with E-state index in [4.69, 9.17) is 0 Å². The van der Waals surface area contributed by atoms with E-state index in [9.17, 15) is 9.90 Å². The highest BCUT2D eigenvalue weighted by Gasteiger charge is 2.09. The first-order valence-electron chi connectivity index (χ1n) is 4.23. The van der Waals surface area contributed by atoms with Crippen LogP contribution in [0.15, 0.2) is 36.4 Å². The van der Waals surface area contributed by atoms with Gasteiger partial charge in [-0.25, -0.2) is 4.79 Å². The minimum atomic E-state index is -1.19. The predicted molar refractivity (Wildman–Crippen MR) is 53.5 cm³/mol. The van der Waals surface area contributed by atoms with Crippen molar-refractivity contribution in [1.29, 1.82) is 0 Å². The Balaban J connectivity index is 2.60. The lowest BCUT2D eigenvalue weighted by molar-refractivity contribution is -0.147. The number of carbonyl (C=O) groups excluding carboxylic acids is 1. The fourth-order valence-electron chi connectivity index (χ4n) is 0.966. The molecule has 1 N–H and O–H groups in total. The molecule has 0 bridgehead atoms. The molecule has 1 atom stereocenters. The van der Waals surface area contributed by atoms with Gasteiger partial charge in [-0.15, -0.1) is 0 Å². The van der Waals surface area contributed by atoms with Gasteiger partial charge < -0.3 is 9.84 Å². The number of aliphatic hydroxyl groups excluding tert-OH is 1. The summed E-state index contributed by atoms with van der Waals surface area (Å²) in [5.41, 5.74) is 0.926. The van der Waals surface area contributed by atoms with Crippen molar-refractivity contribution >= 4 is 12.0 Å². The molecule has 0 saturated heterocycles. The molecule has 0 heterocycles. The molecule has 0 fully saturated rings. The van der Waals surface area contributed by atoms with Crippen molar-refractivity contribution < 1.29 is 14.6 Å². The Morgan fingerprint density at radius 1 is 1.43 bits per heavy atom. The third-order valence-electron chi connectivity index (χ3n) is 1.71. The average Bonchev–Trinajstić information content (AvgIpc) is 2.26. The number of benzene rings is 1. The molecule has 74 valence electrons. The summed E-state index contributed by atoms with van der Waals surface area (Å²) in [5.74, 6) is -0.655. The summed E-state index contributed by atoms with van der Waals surface area (Å²) < 4.78 is 4.36. The molecule has 1 aromatic rings. The van der Waals surface area contributed by atoms with Crippen LogP contribution in [0.3, 0.4) is 0 Å². The van der Waals surface area contributed by atoms with Gasteiger partial charge in [0.1, 0.15) is 0 Å². The van der Waals surface area contributed by atoms with E-state index < -0.39 is 12.1 Å². The minimum absolute atomic E-state index is 0.655. The van der Waals surface area contributed by atoms with Gasteiger partial charge in [-0.3, -0.25) is 0 Å². The van der Waals surface area contributed by atoms with Gasteiger partial charge in [-0.1, -0.05) is 36.4 Å². The van der Waals surface area contributed by atoms with Crippen LogP contribution in [0.2, 0.25) is 0 Å². The van der Waals surface area contributed by atoms with Crippen molar-refractivity contribution in [3.63, 3.8) is 0 Å². The Morgan fingerprint density at radius 3 is 2.64 bits per heavy atom. The van der Waals surface area contributed by atoms with E-state index in [1.807, 2.05) is 30.3 Å². The van der Waals surface area contributed by atoms with Gasteiger partial charge in [0.05, 0.1) is 7.11 Å². The molecular formula is C11H12O3. The van der Waals surface area contributed by atoms with Crippen LogP contribution in [-0.4, -0.2) is 24.3 Å². The maximum absolute atomic E-state index is 10.8. The molecule has 3 nitrogen and oxygen atoms in total. The second-order valence-electron chi connectivity index (χ2n) is 2.74. The molecule has 0 saturated carbocycles. The van der Waals surface area contributed by atoms with E-state index in [0.29, 0.717) is 0 Å². The number of carbonyl (C=O) groups is 1. The summed E-state index contributed by atoms with van der Waals surface area (Å²) in [6.45, 7) is 0. The molecular weight excluding hydrogens is 180 g/mol. The van der Waals surface area contributed by atoms with Gasteiger partial charge in [0.15, 0.2) is 6.10 Å². The third-order valence-corrected chi connectivity index (χ3v) is 1.71. The highest BCUT2D eigenvalue weighted by molar-refractivity contribution is 5.77. The van der Waals surface area contributed by atoms with Gasteiger partial charge in [0, 0.05) is 0 Å². The van der Waals surface area contributed by atoms with Crippen molar-refractivity contribution in [2.24, 2.45) is 0 Å². The molecule has 1 aromatic carbocycles. The third kappa shape index (κ3) is 3.03. The number of esters is 1. The highest BCUT2D eigenvalue weighted by atomic mass is 16.5. The number of rotatable bonds is 3. The molecule has 1 rings (SSSR count). The van der Waals surface area contributed by atoms with Crippen molar-refractivity contribution in [2.45, 2.75) is 6.10 Å². The molecule has 0 spiro atoms. The normalized spacial score (nSPS) is 12.7. The maximum atomic E-state index is 10.8. The Bertz CT molecular complexity index is 317. The molecule has 14 heavy (non-hydrogen) atoms. The second kappa shape index (κ2) is 5.19. The van der Waals surface area contributed by atoms with Crippen LogP contribution >= 0.6 is 0 Å². The highest BCUT2D eigenvalue weighted by Crippen LogP contribution is 2.02. The molecule has 0 aliphatic heterocycles. The molecule has 3 heteroatoms. The Hall–Kier alpha value is -1.61. The van der Waals surface area contributed by atoms with Crippen LogP contribution in [0.5, 0.6) is 0 Å². The lowest BCUT2D eigenvalue weighted by Gasteiger charge is -2.01. The van der Waals surface area contributed by atoms with E-state index in [-0.39, 0.29) is 0 Å². The number of hydrogen-bond acceptors (Lipinski definition) is 3. The Labute approximate surface area is 82.6 Å². The topological polar surface area (TPSA) is 46.5 Å². The van der Waals surface area contributed by atoms with E-state index >= 15 is 0 Å².